The van der Waals surface area contributed by atoms with Crippen molar-refractivity contribution >= 4 is 16.9 Å². The van der Waals surface area contributed by atoms with E-state index in [0.29, 0.717) is 63.7 Å². The molecule has 0 saturated carbocycles. The van der Waals surface area contributed by atoms with Crippen LogP contribution in [0.2, 0.25) is 0 Å². The van der Waals surface area contributed by atoms with E-state index in [2.05, 4.69) is 20.1 Å². The van der Waals surface area contributed by atoms with Gasteiger partial charge in [-0.15, -0.1) is 0 Å². The molecule has 1 aromatic carbocycles. The van der Waals surface area contributed by atoms with E-state index in [0.717, 1.165) is 11.1 Å². The lowest BCUT2D eigenvalue weighted by atomic mass is 9.90. The van der Waals surface area contributed by atoms with Gasteiger partial charge in [-0.05, 0) is 43.5 Å². The largest absolute Gasteiger partial charge is 0.465 e. The second kappa shape index (κ2) is 9.85. The van der Waals surface area contributed by atoms with Crippen molar-refractivity contribution in [1.29, 1.82) is 0 Å². The van der Waals surface area contributed by atoms with Gasteiger partial charge in [-0.1, -0.05) is 0 Å². The number of rotatable bonds is 6. The van der Waals surface area contributed by atoms with E-state index >= 15 is 4.39 Å². The Labute approximate surface area is 202 Å². The minimum absolute atomic E-state index is 0.0439. The fourth-order valence-electron chi connectivity index (χ4n) is 5.19. The van der Waals surface area contributed by atoms with Crippen molar-refractivity contribution in [3.8, 4) is 6.01 Å². The molecule has 2 fully saturated rings. The smallest absolute Gasteiger partial charge is 0.297 e. The molecular weight excluding hydrogens is 454 g/mol. The highest BCUT2D eigenvalue weighted by Gasteiger charge is 2.45. The first kappa shape index (κ1) is 23.6. The van der Waals surface area contributed by atoms with Crippen LogP contribution in [0.4, 0.5) is 8.78 Å². The Kier molecular flexibility index (Phi) is 6.64. The van der Waals surface area contributed by atoms with Crippen LogP contribution < -0.4 is 4.74 Å². The lowest BCUT2D eigenvalue weighted by Gasteiger charge is -2.40. The van der Waals surface area contributed by atoms with E-state index in [1.54, 1.807) is 23.4 Å². The molecular formula is C25H30F2N6O2. The molecule has 0 aliphatic carbocycles. The van der Waals surface area contributed by atoms with Crippen LogP contribution in [0.3, 0.4) is 0 Å². The summed E-state index contributed by atoms with van der Waals surface area (Å²) in [7, 11) is 0. The predicted octanol–water partition coefficient (Wildman–Crippen LogP) is 3.53. The number of fused-ring (bicyclic) bond motifs is 1. The minimum atomic E-state index is -1.82. The van der Waals surface area contributed by atoms with Crippen molar-refractivity contribution < 1.29 is 18.3 Å². The van der Waals surface area contributed by atoms with Gasteiger partial charge in [-0.2, -0.15) is 15.2 Å². The third-order valence-corrected chi connectivity index (χ3v) is 7.09. The van der Waals surface area contributed by atoms with E-state index in [4.69, 9.17) is 4.74 Å². The molecule has 0 atom stereocenters. The molecule has 0 unspecified atom stereocenters. The number of ether oxygens (including phenoxy) is 1. The number of imidazole rings is 1. The van der Waals surface area contributed by atoms with Crippen LogP contribution in [0.15, 0.2) is 36.7 Å². The average Bonchev–Trinajstić information content (AvgIpc) is 3.23. The molecule has 35 heavy (non-hydrogen) atoms. The predicted molar refractivity (Wildman–Crippen MR) is 126 cm³/mol. The molecule has 2 aromatic heterocycles. The number of aromatic nitrogens is 4. The minimum Gasteiger partial charge on any atom is -0.465 e. The van der Waals surface area contributed by atoms with Crippen LogP contribution in [0.25, 0.3) is 11.0 Å². The fraction of sp³-hybridized carbons (Fsp3) is 0.520. The van der Waals surface area contributed by atoms with Crippen molar-refractivity contribution in [2.45, 2.75) is 50.9 Å². The number of halogens is 2. The Bertz CT molecular complexity index is 1170. The lowest BCUT2D eigenvalue weighted by molar-refractivity contribution is -0.148. The van der Waals surface area contributed by atoms with Crippen molar-refractivity contribution in [1.82, 2.24) is 29.5 Å². The number of carbonyl (C=O) groups is 1. The molecule has 8 nitrogen and oxygen atoms in total. The quantitative estimate of drug-likeness (QED) is 0.533. The highest BCUT2D eigenvalue weighted by Crippen LogP contribution is 2.35. The summed E-state index contributed by atoms with van der Waals surface area (Å²) in [6.07, 6.45) is 5.06. The van der Waals surface area contributed by atoms with Gasteiger partial charge in [0.15, 0.2) is 5.67 Å². The third-order valence-electron chi connectivity index (χ3n) is 7.09. The Hall–Kier alpha value is -3.14. The summed E-state index contributed by atoms with van der Waals surface area (Å²) in [5.41, 5.74) is 0.554. The molecule has 0 N–H and O–H groups in total. The molecule has 1 amide bonds. The molecule has 0 radical (unpaired) electrons. The summed E-state index contributed by atoms with van der Waals surface area (Å²) in [6, 6.07) is 6.93. The molecule has 2 aliphatic rings. The van der Waals surface area contributed by atoms with Gasteiger partial charge in [0.05, 0.1) is 23.8 Å². The van der Waals surface area contributed by atoms with E-state index in [1.807, 2.05) is 17.6 Å². The summed E-state index contributed by atoms with van der Waals surface area (Å²) >= 11 is 0. The molecule has 3 aromatic rings. The first-order chi connectivity index (χ1) is 17.0. The van der Waals surface area contributed by atoms with Crippen molar-refractivity contribution in [3.63, 3.8) is 0 Å². The number of carbonyl (C=O) groups excluding carboxylic acids is 1. The molecule has 0 bridgehead atoms. The number of amides is 1. The number of likely N-dealkylation sites (tertiary alicyclic amines) is 2. The zero-order chi connectivity index (χ0) is 24.4. The molecule has 10 heteroatoms. The molecule has 0 spiro atoms. The van der Waals surface area contributed by atoms with Crippen LogP contribution >= 0.6 is 0 Å². The number of benzene rings is 1. The average molecular weight is 485 g/mol. The monoisotopic (exact) mass is 484 g/mol. The maximum atomic E-state index is 15.7. The maximum Gasteiger partial charge on any atom is 0.297 e. The summed E-state index contributed by atoms with van der Waals surface area (Å²) in [5.74, 6) is -0.744. The van der Waals surface area contributed by atoms with Crippen molar-refractivity contribution in [2.75, 3.05) is 32.8 Å². The van der Waals surface area contributed by atoms with Gasteiger partial charge in [0.1, 0.15) is 5.82 Å². The fourth-order valence-corrected chi connectivity index (χ4v) is 5.19. The SMILES string of the molecule is CCOc1nc2cc(F)ccc2n1C1CCN(C(=O)C2(F)CCN(Cc3ccnnc3)CC2)CC1. The van der Waals surface area contributed by atoms with Gasteiger partial charge >= 0.3 is 0 Å². The van der Waals surface area contributed by atoms with Crippen molar-refractivity contribution in [2.24, 2.45) is 0 Å². The highest BCUT2D eigenvalue weighted by molar-refractivity contribution is 5.85. The Morgan fingerprint density at radius 3 is 2.60 bits per heavy atom. The van der Waals surface area contributed by atoms with Gasteiger partial charge in [0.2, 0.25) is 0 Å². The summed E-state index contributed by atoms with van der Waals surface area (Å²) in [5, 5.41) is 7.67. The highest BCUT2D eigenvalue weighted by atomic mass is 19.1. The Morgan fingerprint density at radius 2 is 1.91 bits per heavy atom. The van der Waals surface area contributed by atoms with Gasteiger partial charge < -0.3 is 9.64 Å². The number of hydrogen-bond donors (Lipinski definition) is 0. The van der Waals surface area contributed by atoms with Gasteiger partial charge in [-0.3, -0.25) is 14.3 Å². The molecule has 186 valence electrons. The summed E-state index contributed by atoms with van der Waals surface area (Å²) in [6.45, 7) is 4.98. The van der Waals surface area contributed by atoms with Crippen LogP contribution in [0.5, 0.6) is 6.01 Å². The molecule has 5 rings (SSSR count). The molecule has 2 aliphatic heterocycles. The summed E-state index contributed by atoms with van der Waals surface area (Å²) in [4.78, 5) is 21.5. The third kappa shape index (κ3) is 4.84. The second-order valence-corrected chi connectivity index (χ2v) is 9.35. The van der Waals surface area contributed by atoms with Gasteiger partial charge in [-0.25, -0.2) is 8.78 Å². The van der Waals surface area contributed by atoms with Crippen LogP contribution in [0, 0.1) is 5.82 Å². The first-order valence-corrected chi connectivity index (χ1v) is 12.2. The summed E-state index contributed by atoms with van der Waals surface area (Å²) < 4.78 is 37.2. The zero-order valence-electron chi connectivity index (χ0n) is 19.9. The number of hydrogen-bond acceptors (Lipinski definition) is 6. The lowest BCUT2D eigenvalue weighted by Crippen LogP contribution is -2.53. The van der Waals surface area contributed by atoms with Crippen LogP contribution in [-0.4, -0.2) is 73.9 Å². The number of piperidine rings is 2. The van der Waals surface area contributed by atoms with Crippen LogP contribution in [0.1, 0.15) is 44.2 Å². The second-order valence-electron chi connectivity index (χ2n) is 9.35. The van der Waals surface area contributed by atoms with E-state index in [9.17, 15) is 9.18 Å². The first-order valence-electron chi connectivity index (χ1n) is 12.2. The van der Waals surface area contributed by atoms with Gasteiger partial charge in [0, 0.05) is 63.9 Å². The number of alkyl halides is 1. The number of nitrogens with zero attached hydrogens (tertiary/aromatic N) is 6. The maximum absolute atomic E-state index is 15.7. The molecule has 2 saturated heterocycles. The standard InChI is InChI=1S/C25H30F2N6O2/c1-2-35-24-30-21-15-19(26)3-4-22(21)33(24)20-6-11-32(12-7-20)23(34)25(27)8-13-31(14-9-25)17-18-5-10-28-29-16-18/h3-5,10,15-16,20H,2,6-9,11-14,17H2,1H3. The normalized spacial score (nSPS) is 19.2. The van der Waals surface area contributed by atoms with Gasteiger partial charge in [0.25, 0.3) is 11.9 Å². The van der Waals surface area contributed by atoms with E-state index in [1.165, 1.54) is 12.1 Å². The van der Waals surface area contributed by atoms with Crippen LogP contribution in [-0.2, 0) is 11.3 Å². The molecule has 4 heterocycles. The zero-order valence-corrected chi connectivity index (χ0v) is 19.9. The Balaban J connectivity index is 1.21. The van der Waals surface area contributed by atoms with E-state index in [-0.39, 0.29) is 24.7 Å². The topological polar surface area (TPSA) is 76.4 Å². The van der Waals surface area contributed by atoms with E-state index < -0.39 is 11.6 Å². The van der Waals surface area contributed by atoms with Crippen molar-refractivity contribution in [3.05, 3.63) is 48.0 Å². The Morgan fingerprint density at radius 1 is 1.14 bits per heavy atom.